The number of carbonyl (C=O) groups is 2. The number of rotatable bonds is 9. The normalized spacial score (nSPS) is 10.6. The fourth-order valence-electron chi connectivity index (χ4n) is 2.42. The average Bonchev–Trinajstić information content (AvgIpc) is 2.71. The monoisotopic (exact) mass is 368 g/mol. The Morgan fingerprint density at radius 1 is 1.11 bits per heavy atom. The van der Waals surface area contributed by atoms with E-state index in [-0.39, 0.29) is 24.8 Å². The smallest absolute Gasteiger partial charge is 0.307 e. The first kappa shape index (κ1) is 20.2. The Kier molecular flexibility index (Phi) is 8.03. The van der Waals surface area contributed by atoms with Crippen LogP contribution in [0.2, 0.25) is 0 Å². The van der Waals surface area contributed by atoms with Crippen LogP contribution in [0.5, 0.6) is 5.75 Å². The fourth-order valence-corrected chi connectivity index (χ4v) is 2.42. The Bertz CT molecular complexity index is 758. The van der Waals surface area contributed by atoms with Gasteiger partial charge in [-0.25, -0.2) is 0 Å². The lowest BCUT2D eigenvalue weighted by molar-refractivity contribution is -0.141. The lowest BCUT2D eigenvalue weighted by atomic mass is 10.2. The molecule has 0 fully saturated rings. The van der Waals surface area contributed by atoms with Crippen molar-refractivity contribution in [1.82, 2.24) is 9.88 Å². The molecule has 2 aromatic rings. The van der Waals surface area contributed by atoms with Crippen LogP contribution < -0.4 is 4.74 Å². The molecule has 0 aliphatic carbocycles. The van der Waals surface area contributed by atoms with Crippen molar-refractivity contribution in [3.8, 4) is 5.75 Å². The van der Waals surface area contributed by atoms with Gasteiger partial charge in [0, 0.05) is 31.6 Å². The van der Waals surface area contributed by atoms with E-state index < -0.39 is 0 Å². The van der Waals surface area contributed by atoms with Crippen molar-refractivity contribution in [2.45, 2.75) is 19.9 Å². The third-order valence-electron chi connectivity index (χ3n) is 3.86. The number of benzene rings is 1. The summed E-state index contributed by atoms with van der Waals surface area (Å²) in [5, 5.41) is 0. The Labute approximate surface area is 159 Å². The van der Waals surface area contributed by atoms with E-state index in [0.29, 0.717) is 13.2 Å². The van der Waals surface area contributed by atoms with Crippen molar-refractivity contribution < 1.29 is 19.1 Å². The Balaban J connectivity index is 2.05. The van der Waals surface area contributed by atoms with E-state index in [1.807, 2.05) is 43.3 Å². The van der Waals surface area contributed by atoms with Crippen molar-refractivity contribution in [3.63, 3.8) is 0 Å². The first-order valence-corrected chi connectivity index (χ1v) is 8.78. The standard InChI is InChI=1S/C21H24N2O4/c1-3-27-19-7-4-17(5-8-19)6-9-20(24)23(15-12-21(25)26-2)16-18-10-13-22-14-11-18/h4-11,13-14H,3,12,15-16H2,1-2H3/b9-6+. The highest BCUT2D eigenvalue weighted by molar-refractivity contribution is 5.92. The molecule has 27 heavy (non-hydrogen) atoms. The van der Waals surface area contributed by atoms with Gasteiger partial charge in [-0.2, -0.15) is 0 Å². The molecule has 142 valence electrons. The molecule has 0 unspecified atom stereocenters. The van der Waals surface area contributed by atoms with Gasteiger partial charge in [0.05, 0.1) is 20.1 Å². The molecule has 1 amide bonds. The highest BCUT2D eigenvalue weighted by Crippen LogP contribution is 2.13. The predicted molar refractivity (Wildman–Crippen MR) is 103 cm³/mol. The molecule has 0 saturated heterocycles. The average molecular weight is 368 g/mol. The van der Waals surface area contributed by atoms with Crippen LogP contribution in [0.3, 0.4) is 0 Å². The van der Waals surface area contributed by atoms with Crippen LogP contribution in [-0.2, 0) is 20.9 Å². The summed E-state index contributed by atoms with van der Waals surface area (Å²) in [6, 6.07) is 11.2. The summed E-state index contributed by atoms with van der Waals surface area (Å²) in [5.74, 6) is 0.265. The van der Waals surface area contributed by atoms with Gasteiger partial charge in [-0.15, -0.1) is 0 Å². The van der Waals surface area contributed by atoms with Crippen LogP contribution >= 0.6 is 0 Å². The van der Waals surface area contributed by atoms with E-state index in [2.05, 4.69) is 9.72 Å². The van der Waals surface area contributed by atoms with Crippen LogP contribution in [0.1, 0.15) is 24.5 Å². The summed E-state index contributed by atoms with van der Waals surface area (Å²) in [7, 11) is 1.34. The zero-order chi connectivity index (χ0) is 19.5. The third kappa shape index (κ3) is 6.93. The largest absolute Gasteiger partial charge is 0.494 e. The van der Waals surface area contributed by atoms with Gasteiger partial charge in [0.15, 0.2) is 0 Å². The Morgan fingerprint density at radius 3 is 2.44 bits per heavy atom. The van der Waals surface area contributed by atoms with Crippen LogP contribution in [0.25, 0.3) is 6.08 Å². The van der Waals surface area contributed by atoms with Crippen LogP contribution in [0, 0.1) is 0 Å². The SMILES string of the molecule is CCOc1ccc(/C=C/C(=O)N(CCC(=O)OC)Cc2ccncc2)cc1. The molecule has 1 aromatic carbocycles. The quantitative estimate of drug-likeness (QED) is 0.503. The number of hydrogen-bond acceptors (Lipinski definition) is 5. The number of ether oxygens (including phenoxy) is 2. The number of aromatic nitrogens is 1. The summed E-state index contributed by atoms with van der Waals surface area (Å²) in [5.41, 5.74) is 1.83. The minimum absolute atomic E-state index is 0.143. The van der Waals surface area contributed by atoms with Crippen LogP contribution in [0.4, 0.5) is 0 Å². The van der Waals surface area contributed by atoms with Gasteiger partial charge in [0.2, 0.25) is 5.91 Å². The molecule has 0 aliphatic rings. The number of methoxy groups -OCH3 is 1. The maximum Gasteiger partial charge on any atom is 0.307 e. The van der Waals surface area contributed by atoms with Crippen molar-refractivity contribution in [2.24, 2.45) is 0 Å². The highest BCUT2D eigenvalue weighted by Gasteiger charge is 2.13. The van der Waals surface area contributed by atoms with Gasteiger partial charge < -0.3 is 14.4 Å². The predicted octanol–water partition coefficient (Wildman–Crippen LogP) is 3.09. The van der Waals surface area contributed by atoms with Gasteiger partial charge in [-0.3, -0.25) is 14.6 Å². The molecular weight excluding hydrogens is 344 g/mol. The lowest BCUT2D eigenvalue weighted by Gasteiger charge is -2.20. The van der Waals surface area contributed by atoms with Gasteiger partial charge in [0.25, 0.3) is 0 Å². The number of nitrogens with zero attached hydrogens (tertiary/aromatic N) is 2. The van der Waals surface area contributed by atoms with E-state index in [0.717, 1.165) is 16.9 Å². The molecule has 0 spiro atoms. The molecule has 2 rings (SSSR count). The maximum absolute atomic E-state index is 12.6. The highest BCUT2D eigenvalue weighted by atomic mass is 16.5. The summed E-state index contributed by atoms with van der Waals surface area (Å²) < 4.78 is 10.1. The summed E-state index contributed by atoms with van der Waals surface area (Å²) in [6.07, 6.45) is 6.75. The van der Waals surface area contributed by atoms with E-state index in [9.17, 15) is 9.59 Å². The van der Waals surface area contributed by atoms with Crippen molar-refractivity contribution in [1.29, 1.82) is 0 Å². The summed E-state index contributed by atoms with van der Waals surface area (Å²) >= 11 is 0. The Morgan fingerprint density at radius 2 is 1.81 bits per heavy atom. The van der Waals surface area contributed by atoms with Crippen LogP contribution in [0.15, 0.2) is 54.9 Å². The van der Waals surface area contributed by atoms with E-state index >= 15 is 0 Å². The minimum atomic E-state index is -0.349. The van der Waals surface area contributed by atoms with Gasteiger partial charge >= 0.3 is 5.97 Å². The van der Waals surface area contributed by atoms with E-state index in [1.165, 1.54) is 13.2 Å². The maximum atomic E-state index is 12.6. The number of pyridine rings is 1. The first-order valence-electron chi connectivity index (χ1n) is 8.78. The molecule has 1 heterocycles. The summed E-state index contributed by atoms with van der Waals surface area (Å²) in [6.45, 7) is 3.21. The lowest BCUT2D eigenvalue weighted by Crippen LogP contribution is -2.31. The second-order valence-electron chi connectivity index (χ2n) is 5.78. The zero-order valence-corrected chi connectivity index (χ0v) is 15.6. The van der Waals surface area contributed by atoms with Crippen molar-refractivity contribution in [3.05, 3.63) is 66.0 Å². The molecule has 0 aliphatic heterocycles. The molecule has 0 bridgehead atoms. The van der Waals surface area contributed by atoms with Crippen molar-refractivity contribution in [2.75, 3.05) is 20.3 Å². The van der Waals surface area contributed by atoms with Gasteiger partial charge in [-0.1, -0.05) is 12.1 Å². The summed E-state index contributed by atoms with van der Waals surface area (Å²) in [4.78, 5) is 29.7. The topological polar surface area (TPSA) is 68.7 Å². The molecule has 6 nitrogen and oxygen atoms in total. The molecule has 1 aromatic heterocycles. The number of carbonyl (C=O) groups excluding carboxylic acids is 2. The Hall–Kier alpha value is -3.15. The van der Waals surface area contributed by atoms with Gasteiger partial charge in [-0.05, 0) is 48.4 Å². The van der Waals surface area contributed by atoms with Crippen LogP contribution in [-0.4, -0.2) is 42.0 Å². The molecule has 6 heteroatoms. The minimum Gasteiger partial charge on any atom is -0.494 e. The molecule has 0 N–H and O–H groups in total. The number of esters is 1. The number of amides is 1. The second-order valence-corrected chi connectivity index (χ2v) is 5.78. The second kappa shape index (κ2) is 10.8. The van der Waals surface area contributed by atoms with Crippen molar-refractivity contribution >= 4 is 18.0 Å². The van der Waals surface area contributed by atoms with E-state index in [1.54, 1.807) is 23.4 Å². The zero-order valence-electron chi connectivity index (χ0n) is 15.6. The van der Waals surface area contributed by atoms with Gasteiger partial charge in [0.1, 0.15) is 5.75 Å². The molecular formula is C21H24N2O4. The number of hydrogen-bond donors (Lipinski definition) is 0. The van der Waals surface area contributed by atoms with E-state index in [4.69, 9.17) is 4.74 Å². The first-order chi connectivity index (χ1) is 13.1. The third-order valence-corrected chi connectivity index (χ3v) is 3.86. The molecule has 0 atom stereocenters. The fraction of sp³-hybridized carbons (Fsp3) is 0.286. The molecule has 0 saturated carbocycles. The molecule has 0 radical (unpaired) electrons.